The van der Waals surface area contributed by atoms with Crippen LogP contribution in [0.25, 0.3) is 11.3 Å². The molecular weight excluding hydrogens is 401 g/mol. The number of hydrogen-bond acceptors (Lipinski definition) is 4. The van der Waals surface area contributed by atoms with E-state index in [2.05, 4.69) is 31.1 Å². The van der Waals surface area contributed by atoms with E-state index in [1.54, 1.807) is 0 Å². The second kappa shape index (κ2) is 9.64. The van der Waals surface area contributed by atoms with Crippen LogP contribution in [0.5, 0.6) is 0 Å². The summed E-state index contributed by atoms with van der Waals surface area (Å²) >= 11 is 3.44. The van der Waals surface area contributed by atoms with Crippen LogP contribution in [0.1, 0.15) is 18.7 Å². The fraction of sp³-hybridized carbons (Fsp3) is 0.438. The molecule has 3 rings (SSSR count). The van der Waals surface area contributed by atoms with Gasteiger partial charge in [-0.1, -0.05) is 28.1 Å². The molecule has 23 heavy (non-hydrogen) atoms. The third-order valence-electron chi connectivity index (χ3n) is 3.95. The van der Waals surface area contributed by atoms with Gasteiger partial charge in [0, 0.05) is 22.6 Å². The summed E-state index contributed by atoms with van der Waals surface area (Å²) in [7, 11) is 2.03. The Bertz CT molecular complexity index is 591. The first-order valence-corrected chi connectivity index (χ1v) is 8.14. The van der Waals surface area contributed by atoms with Crippen LogP contribution in [0.4, 0.5) is 0 Å². The van der Waals surface area contributed by atoms with Crippen LogP contribution in [-0.4, -0.2) is 36.1 Å². The summed E-state index contributed by atoms with van der Waals surface area (Å²) in [6, 6.07) is 8.68. The predicted octanol–water partition coefficient (Wildman–Crippen LogP) is 4.13. The highest BCUT2D eigenvalue weighted by Crippen LogP contribution is 2.23. The highest BCUT2D eigenvalue weighted by Gasteiger charge is 2.20. The van der Waals surface area contributed by atoms with Gasteiger partial charge in [-0.3, -0.25) is 4.90 Å². The monoisotopic (exact) mass is 421 g/mol. The average Bonchev–Trinajstić information content (AvgIpc) is 2.96. The Balaban J connectivity index is 0.00000132. The number of hydrogen-bond donors (Lipinski definition) is 1. The summed E-state index contributed by atoms with van der Waals surface area (Å²) < 4.78 is 6.96. The number of nitrogens with zero attached hydrogens (tertiary/aromatic N) is 2. The van der Waals surface area contributed by atoms with Crippen molar-refractivity contribution in [3.8, 4) is 11.3 Å². The number of halogens is 3. The van der Waals surface area contributed by atoms with Crippen LogP contribution in [0.2, 0.25) is 0 Å². The lowest BCUT2D eigenvalue weighted by Gasteiger charge is -2.31. The lowest BCUT2D eigenvalue weighted by molar-refractivity contribution is 0.173. The minimum Gasteiger partial charge on any atom is -0.439 e. The fourth-order valence-corrected chi connectivity index (χ4v) is 3.02. The van der Waals surface area contributed by atoms with Crippen molar-refractivity contribution in [2.75, 3.05) is 20.1 Å². The van der Waals surface area contributed by atoms with Crippen molar-refractivity contribution < 1.29 is 4.42 Å². The molecule has 0 amide bonds. The maximum atomic E-state index is 5.89. The minimum absolute atomic E-state index is 0. The molecule has 1 saturated heterocycles. The molecule has 4 nitrogen and oxygen atoms in total. The summed E-state index contributed by atoms with van der Waals surface area (Å²) in [4.78, 5) is 6.82. The molecule has 0 aliphatic carbocycles. The number of likely N-dealkylation sites (tertiary alicyclic amines) is 1. The minimum atomic E-state index is 0. The first kappa shape index (κ1) is 20.5. The molecule has 0 spiro atoms. The van der Waals surface area contributed by atoms with Crippen molar-refractivity contribution in [3.63, 3.8) is 0 Å². The zero-order valence-corrected chi connectivity index (χ0v) is 16.2. The van der Waals surface area contributed by atoms with Gasteiger partial charge in [0.25, 0.3) is 0 Å². The number of likely N-dealkylation sites (N-methyl/N-ethyl adjacent to an activating group) is 1. The molecule has 0 bridgehead atoms. The fourth-order valence-electron chi connectivity index (χ4n) is 2.76. The summed E-state index contributed by atoms with van der Waals surface area (Å²) in [6.45, 7) is 2.97. The average molecular weight is 423 g/mol. The molecule has 0 radical (unpaired) electrons. The standard InChI is InChI=1S/C16H20BrN3O.2ClH/c1-18-14-3-2-8-20(10-14)11-16-19-9-15(21-16)12-4-6-13(17)7-5-12;;/h4-7,9,14,18H,2-3,8,10-11H2,1H3;2*1H. The van der Waals surface area contributed by atoms with Gasteiger partial charge in [0.05, 0.1) is 12.7 Å². The lowest BCUT2D eigenvalue weighted by Crippen LogP contribution is -2.43. The number of oxazole rings is 1. The van der Waals surface area contributed by atoms with E-state index in [1.807, 2.05) is 37.5 Å². The normalized spacial score (nSPS) is 18.1. The molecule has 1 aromatic heterocycles. The van der Waals surface area contributed by atoms with Crippen LogP contribution in [-0.2, 0) is 6.54 Å². The summed E-state index contributed by atoms with van der Waals surface area (Å²) in [5.41, 5.74) is 1.06. The molecule has 2 heterocycles. The Morgan fingerprint density at radius 3 is 2.74 bits per heavy atom. The Morgan fingerprint density at radius 2 is 2.04 bits per heavy atom. The Hall–Kier alpha value is -0.590. The molecule has 0 saturated carbocycles. The molecule has 1 unspecified atom stereocenters. The Labute approximate surface area is 158 Å². The van der Waals surface area contributed by atoms with Gasteiger partial charge < -0.3 is 9.73 Å². The van der Waals surface area contributed by atoms with Crippen molar-refractivity contribution in [1.82, 2.24) is 15.2 Å². The number of nitrogens with one attached hydrogen (secondary N) is 1. The van der Waals surface area contributed by atoms with Crippen LogP contribution < -0.4 is 5.32 Å². The van der Waals surface area contributed by atoms with Gasteiger partial charge in [-0.15, -0.1) is 24.8 Å². The molecule has 2 aromatic rings. The second-order valence-corrected chi connectivity index (χ2v) is 6.40. The van der Waals surface area contributed by atoms with Crippen molar-refractivity contribution in [3.05, 3.63) is 40.8 Å². The molecule has 1 N–H and O–H groups in total. The number of rotatable bonds is 4. The maximum Gasteiger partial charge on any atom is 0.209 e. The molecule has 1 aromatic carbocycles. The van der Waals surface area contributed by atoms with Gasteiger partial charge in [-0.2, -0.15) is 0 Å². The van der Waals surface area contributed by atoms with Crippen LogP contribution in [0.3, 0.4) is 0 Å². The predicted molar refractivity (Wildman–Crippen MR) is 101 cm³/mol. The van der Waals surface area contributed by atoms with E-state index in [4.69, 9.17) is 4.42 Å². The van der Waals surface area contributed by atoms with Gasteiger partial charge in [-0.05, 0) is 38.6 Å². The van der Waals surface area contributed by atoms with Gasteiger partial charge >= 0.3 is 0 Å². The Morgan fingerprint density at radius 1 is 1.30 bits per heavy atom. The highest BCUT2D eigenvalue weighted by molar-refractivity contribution is 9.10. The van der Waals surface area contributed by atoms with Crippen LogP contribution >= 0.6 is 40.7 Å². The summed E-state index contributed by atoms with van der Waals surface area (Å²) in [5.74, 6) is 1.63. The van der Waals surface area contributed by atoms with Crippen molar-refractivity contribution >= 4 is 40.7 Å². The van der Waals surface area contributed by atoms with E-state index in [1.165, 1.54) is 12.8 Å². The smallest absolute Gasteiger partial charge is 0.209 e. The van der Waals surface area contributed by atoms with Crippen molar-refractivity contribution in [2.45, 2.75) is 25.4 Å². The molecule has 1 aliphatic heterocycles. The van der Waals surface area contributed by atoms with E-state index < -0.39 is 0 Å². The lowest BCUT2D eigenvalue weighted by atomic mass is 10.1. The largest absolute Gasteiger partial charge is 0.439 e. The number of benzene rings is 1. The van der Waals surface area contributed by atoms with E-state index in [-0.39, 0.29) is 24.8 Å². The van der Waals surface area contributed by atoms with Crippen LogP contribution in [0.15, 0.2) is 39.4 Å². The molecule has 128 valence electrons. The molecular formula is C16H22BrCl2N3O. The van der Waals surface area contributed by atoms with Crippen LogP contribution in [0, 0.1) is 0 Å². The molecule has 1 aliphatic rings. The van der Waals surface area contributed by atoms with E-state index in [0.29, 0.717) is 6.04 Å². The zero-order chi connectivity index (χ0) is 14.7. The first-order valence-electron chi connectivity index (χ1n) is 7.35. The SMILES string of the molecule is CNC1CCCN(Cc2ncc(-c3ccc(Br)cc3)o2)C1.Cl.Cl. The topological polar surface area (TPSA) is 41.3 Å². The first-order chi connectivity index (χ1) is 10.2. The van der Waals surface area contributed by atoms with E-state index >= 15 is 0 Å². The third kappa shape index (κ3) is 5.47. The molecule has 1 atom stereocenters. The highest BCUT2D eigenvalue weighted by atomic mass is 79.9. The van der Waals surface area contributed by atoms with Crippen molar-refractivity contribution in [1.29, 1.82) is 0 Å². The number of piperidine rings is 1. The van der Waals surface area contributed by atoms with E-state index in [9.17, 15) is 0 Å². The van der Waals surface area contributed by atoms with Gasteiger partial charge in [-0.25, -0.2) is 4.98 Å². The molecule has 1 fully saturated rings. The third-order valence-corrected chi connectivity index (χ3v) is 4.48. The summed E-state index contributed by atoms with van der Waals surface area (Å²) in [6.07, 6.45) is 4.30. The second-order valence-electron chi connectivity index (χ2n) is 5.49. The van der Waals surface area contributed by atoms with Gasteiger partial charge in [0.15, 0.2) is 5.76 Å². The van der Waals surface area contributed by atoms with E-state index in [0.717, 1.165) is 41.3 Å². The zero-order valence-electron chi connectivity index (χ0n) is 13.0. The van der Waals surface area contributed by atoms with Gasteiger partial charge in [0.2, 0.25) is 5.89 Å². The maximum absolute atomic E-state index is 5.89. The number of aromatic nitrogens is 1. The van der Waals surface area contributed by atoms with Gasteiger partial charge in [0.1, 0.15) is 0 Å². The molecule has 7 heteroatoms. The quantitative estimate of drug-likeness (QED) is 0.803. The Kier molecular flexibility index (Phi) is 8.58. The summed E-state index contributed by atoms with van der Waals surface area (Å²) in [5, 5.41) is 3.36. The van der Waals surface area contributed by atoms with Crippen molar-refractivity contribution in [2.24, 2.45) is 0 Å².